The van der Waals surface area contributed by atoms with Crippen LogP contribution < -0.4 is 15.3 Å². The van der Waals surface area contributed by atoms with Gasteiger partial charge in [0.2, 0.25) is 0 Å². The first kappa shape index (κ1) is 33.1. The second-order valence-corrected chi connectivity index (χ2v) is 8.48. The molecular formula is C35H46N2O2. The average Bonchev–Trinajstić information content (AvgIpc) is 3.35. The van der Waals surface area contributed by atoms with Gasteiger partial charge in [0, 0.05) is 29.9 Å². The van der Waals surface area contributed by atoms with E-state index in [-0.39, 0.29) is 0 Å². The van der Waals surface area contributed by atoms with Gasteiger partial charge in [0.15, 0.2) is 0 Å². The molecule has 0 aliphatic carbocycles. The highest BCUT2D eigenvalue weighted by molar-refractivity contribution is 5.35. The first-order chi connectivity index (χ1) is 19.0. The van der Waals surface area contributed by atoms with Gasteiger partial charge in [-0.1, -0.05) is 56.3 Å². The number of nitrogens with zero attached hydrogens (tertiary/aromatic N) is 1. The van der Waals surface area contributed by atoms with Crippen LogP contribution in [0.4, 0.5) is 0 Å². The third-order valence-corrected chi connectivity index (χ3v) is 5.57. The van der Waals surface area contributed by atoms with Gasteiger partial charge in [-0.15, -0.1) is 12.3 Å². The second-order valence-electron chi connectivity index (χ2n) is 8.48. The van der Waals surface area contributed by atoms with Crippen LogP contribution >= 0.6 is 0 Å². The summed E-state index contributed by atoms with van der Waals surface area (Å²) in [6, 6.07) is 18.2. The number of aromatic amines is 1. The van der Waals surface area contributed by atoms with Crippen LogP contribution in [0, 0.1) is 12.3 Å². The molecule has 39 heavy (non-hydrogen) atoms. The van der Waals surface area contributed by atoms with Crippen LogP contribution in [0.25, 0.3) is 12.2 Å². The summed E-state index contributed by atoms with van der Waals surface area (Å²) < 4.78 is 11.9. The fourth-order valence-corrected chi connectivity index (χ4v) is 3.83. The topological polar surface area (TPSA) is 37.5 Å². The van der Waals surface area contributed by atoms with Gasteiger partial charge in [-0.25, -0.2) is 0 Å². The van der Waals surface area contributed by atoms with Crippen LogP contribution in [0.5, 0.6) is 11.5 Å². The molecule has 208 valence electrons. The van der Waals surface area contributed by atoms with E-state index < -0.39 is 0 Å². The maximum atomic E-state index is 5.99. The molecule has 0 saturated heterocycles. The van der Waals surface area contributed by atoms with Crippen molar-refractivity contribution in [2.24, 2.45) is 0 Å². The molecule has 0 radical (unpaired) electrons. The monoisotopic (exact) mass is 526 g/mol. The molecule has 0 amide bonds. The molecule has 3 aromatic rings. The highest BCUT2D eigenvalue weighted by Gasteiger charge is 2.06. The number of rotatable bonds is 11. The largest absolute Gasteiger partial charge is 0.490 e. The zero-order chi connectivity index (χ0) is 28.9. The molecule has 0 fully saturated rings. The quantitative estimate of drug-likeness (QED) is 0.163. The number of nitrogens with one attached hydrogen (secondary N) is 1. The molecule has 0 unspecified atom stereocenters. The van der Waals surface area contributed by atoms with E-state index in [1.807, 2.05) is 82.3 Å². The molecule has 0 bridgehead atoms. The van der Waals surface area contributed by atoms with E-state index in [2.05, 4.69) is 72.7 Å². The Morgan fingerprint density at radius 2 is 1.72 bits per heavy atom. The van der Waals surface area contributed by atoms with E-state index in [1.54, 1.807) is 6.92 Å². The molecule has 2 aromatic carbocycles. The lowest BCUT2D eigenvalue weighted by Crippen LogP contribution is -2.28. The van der Waals surface area contributed by atoms with Crippen molar-refractivity contribution in [2.75, 3.05) is 20.2 Å². The van der Waals surface area contributed by atoms with Crippen molar-refractivity contribution in [2.45, 2.75) is 54.5 Å². The molecule has 1 heterocycles. The smallest absolute Gasteiger partial charge is 0.127 e. The van der Waals surface area contributed by atoms with Crippen LogP contribution in [-0.2, 0) is 17.7 Å². The number of hydrogen-bond donors (Lipinski definition) is 1. The van der Waals surface area contributed by atoms with Crippen molar-refractivity contribution >= 4 is 12.2 Å². The van der Waals surface area contributed by atoms with Crippen molar-refractivity contribution in [1.29, 1.82) is 0 Å². The van der Waals surface area contributed by atoms with Gasteiger partial charge in [0.05, 0.1) is 0 Å². The minimum absolute atomic E-state index is 0.541. The van der Waals surface area contributed by atoms with Gasteiger partial charge in [-0.05, 0) is 94.8 Å². The fourth-order valence-electron chi connectivity index (χ4n) is 3.83. The lowest BCUT2D eigenvalue weighted by molar-refractivity contribution is 0.270. The molecule has 4 nitrogen and oxygen atoms in total. The number of H-pyrrole nitrogens is 1. The summed E-state index contributed by atoms with van der Waals surface area (Å²) in [4.78, 5) is 5.74. The van der Waals surface area contributed by atoms with E-state index in [0.29, 0.717) is 6.61 Å². The fraction of sp³-hybridized carbons (Fsp3) is 0.314. The Morgan fingerprint density at radius 3 is 2.36 bits per heavy atom. The highest BCUT2D eigenvalue weighted by Crippen LogP contribution is 2.22. The Morgan fingerprint density at radius 1 is 1.03 bits per heavy atom. The van der Waals surface area contributed by atoms with Crippen molar-refractivity contribution in [1.82, 2.24) is 9.88 Å². The van der Waals surface area contributed by atoms with E-state index >= 15 is 0 Å². The third kappa shape index (κ3) is 12.4. The average molecular weight is 527 g/mol. The molecule has 0 aliphatic heterocycles. The first-order valence-electron chi connectivity index (χ1n) is 13.7. The third-order valence-electron chi connectivity index (χ3n) is 5.57. The number of allylic oxidation sites excluding steroid dienone is 3. The van der Waals surface area contributed by atoms with E-state index in [0.717, 1.165) is 42.1 Å². The predicted molar refractivity (Wildman–Crippen MR) is 168 cm³/mol. The van der Waals surface area contributed by atoms with Gasteiger partial charge < -0.3 is 19.4 Å². The number of terminal acetylenes is 1. The summed E-state index contributed by atoms with van der Waals surface area (Å²) >= 11 is 0. The van der Waals surface area contributed by atoms with E-state index in [4.69, 9.17) is 9.47 Å². The summed E-state index contributed by atoms with van der Waals surface area (Å²) in [6.45, 7) is 14.0. The summed E-state index contributed by atoms with van der Waals surface area (Å²) in [7, 11) is 2.16. The van der Waals surface area contributed by atoms with Crippen molar-refractivity contribution in [3.63, 3.8) is 0 Å². The standard InChI is InChI=1S/C30H36N2O2.C3H4.C2H6/c1-5-12-26(6-2)33-20-18-29-25(22-31-30(29)7-3)17-19-32(4)23-24-13-11-16-28(21-24)34-27-14-9-8-10-15-27;1-3-2;1-2/h5-16,18,21-22,31H,17,19-20,23H2,1-4H3;1H,2H3;1-2H3/b12-5-,26-6+,29-18-,30-7+;;. The zero-order valence-corrected chi connectivity index (χ0v) is 24.8. The Kier molecular flexibility index (Phi) is 17.0. The summed E-state index contributed by atoms with van der Waals surface area (Å²) in [6.07, 6.45) is 17.9. The second kappa shape index (κ2) is 20.1. The lowest BCUT2D eigenvalue weighted by atomic mass is 10.1. The highest BCUT2D eigenvalue weighted by atomic mass is 16.5. The van der Waals surface area contributed by atoms with Crippen molar-refractivity contribution in [3.05, 3.63) is 106 Å². The zero-order valence-electron chi connectivity index (χ0n) is 24.8. The summed E-state index contributed by atoms with van der Waals surface area (Å²) in [5, 5.41) is 2.37. The maximum absolute atomic E-state index is 5.99. The Labute approximate surface area is 236 Å². The molecule has 3 rings (SSSR count). The number of aromatic nitrogens is 1. The van der Waals surface area contributed by atoms with Crippen LogP contribution in [0.3, 0.4) is 0 Å². The number of likely N-dealkylation sites (N-methyl/N-ethyl adjacent to an activating group) is 1. The van der Waals surface area contributed by atoms with Crippen LogP contribution in [-0.4, -0.2) is 30.1 Å². The summed E-state index contributed by atoms with van der Waals surface area (Å²) in [5.74, 6) is 4.85. The van der Waals surface area contributed by atoms with Crippen LogP contribution in [0.15, 0.2) is 84.8 Å². The molecule has 4 heteroatoms. The molecule has 0 saturated carbocycles. The summed E-state index contributed by atoms with van der Waals surface area (Å²) in [5.41, 5.74) is 2.54. The van der Waals surface area contributed by atoms with Gasteiger partial charge in [0.1, 0.15) is 23.9 Å². The van der Waals surface area contributed by atoms with Crippen LogP contribution in [0.1, 0.15) is 52.7 Å². The molecule has 0 spiro atoms. The minimum atomic E-state index is 0.541. The molecule has 0 aliphatic rings. The van der Waals surface area contributed by atoms with E-state index in [9.17, 15) is 0 Å². The number of hydrogen-bond acceptors (Lipinski definition) is 3. The van der Waals surface area contributed by atoms with Gasteiger partial charge >= 0.3 is 0 Å². The molecule has 1 aromatic heterocycles. The predicted octanol–water partition coefficient (Wildman–Crippen LogP) is 7.22. The van der Waals surface area contributed by atoms with Crippen molar-refractivity contribution in [3.8, 4) is 23.8 Å². The minimum Gasteiger partial charge on any atom is -0.490 e. The SMILES string of the molecule is C#CC.C/C=C\C(=C/C)OC/C=c1/c(CCN(C)Cc2cccc(Oc3ccccc3)c2)c[nH]/c1=C/C.CC. The van der Waals surface area contributed by atoms with E-state index in [1.165, 1.54) is 16.3 Å². The maximum Gasteiger partial charge on any atom is 0.127 e. The molecule has 1 N–H and O–H groups in total. The van der Waals surface area contributed by atoms with Gasteiger partial charge in [-0.3, -0.25) is 0 Å². The Bertz CT molecular complexity index is 1290. The molecule has 0 atom stereocenters. The number of para-hydroxylation sites is 1. The van der Waals surface area contributed by atoms with Gasteiger partial charge in [0.25, 0.3) is 0 Å². The van der Waals surface area contributed by atoms with Crippen LogP contribution in [0.2, 0.25) is 0 Å². The van der Waals surface area contributed by atoms with Crippen molar-refractivity contribution < 1.29 is 9.47 Å². The molecular weight excluding hydrogens is 480 g/mol. The Balaban J connectivity index is 0.00000142. The Hall–Kier alpha value is -3.94. The first-order valence-corrected chi connectivity index (χ1v) is 13.7. The lowest BCUT2D eigenvalue weighted by Gasteiger charge is -2.17. The number of benzene rings is 2. The normalized spacial score (nSPS) is 11.9. The van der Waals surface area contributed by atoms with Gasteiger partial charge in [-0.2, -0.15) is 0 Å². The number of ether oxygens (including phenoxy) is 2.